The fourth-order valence-corrected chi connectivity index (χ4v) is 5.97. The number of aromatic hydroxyl groups is 1. The molecule has 9 heteroatoms. The minimum absolute atomic E-state index is 0.0658. The minimum atomic E-state index is -2.58. The zero-order chi connectivity index (χ0) is 27.5. The van der Waals surface area contributed by atoms with E-state index in [4.69, 9.17) is 5.73 Å². The van der Waals surface area contributed by atoms with Gasteiger partial charge < -0.3 is 31.1 Å². The summed E-state index contributed by atoms with van der Waals surface area (Å²) in [6.07, 6.45) is 3.50. The van der Waals surface area contributed by atoms with Crippen LogP contribution in [-0.4, -0.2) is 57.6 Å². The maximum atomic E-state index is 13.7. The molecule has 2 aromatic carbocycles. The molecule has 1 saturated carbocycles. The fourth-order valence-electron chi connectivity index (χ4n) is 5.97. The molecule has 1 fully saturated rings. The number of carbonyl (C=O) groups is 3. The van der Waals surface area contributed by atoms with Crippen molar-refractivity contribution in [3.63, 3.8) is 0 Å². The number of Topliss-reactive ketones (excluding diaryl/α,β-unsaturated/α-hetero) is 2. The van der Waals surface area contributed by atoms with E-state index in [1.54, 1.807) is 12.1 Å². The molecule has 0 heterocycles. The highest BCUT2D eigenvalue weighted by Crippen LogP contribution is 2.53. The molecule has 0 spiro atoms. The van der Waals surface area contributed by atoms with Gasteiger partial charge in [0, 0.05) is 43.3 Å². The van der Waals surface area contributed by atoms with Crippen molar-refractivity contribution < 1.29 is 34.8 Å². The Morgan fingerprint density at radius 3 is 2.39 bits per heavy atom. The average Bonchev–Trinajstić information content (AvgIpc) is 2.86. The number of aliphatic hydroxyl groups excluding tert-OH is 2. The van der Waals surface area contributed by atoms with E-state index in [2.05, 4.69) is 0 Å². The van der Waals surface area contributed by atoms with E-state index in [0.29, 0.717) is 11.1 Å². The zero-order valence-electron chi connectivity index (χ0n) is 20.9. The van der Waals surface area contributed by atoms with Gasteiger partial charge in [0.05, 0.1) is 5.56 Å². The van der Waals surface area contributed by atoms with Gasteiger partial charge in [-0.05, 0) is 36.0 Å². The van der Waals surface area contributed by atoms with Gasteiger partial charge in [-0.2, -0.15) is 0 Å². The Kier molecular flexibility index (Phi) is 5.91. The lowest BCUT2D eigenvalue weighted by molar-refractivity contribution is -0.147. The summed E-state index contributed by atoms with van der Waals surface area (Å²) < 4.78 is 0. The van der Waals surface area contributed by atoms with Gasteiger partial charge in [-0.1, -0.05) is 42.5 Å². The van der Waals surface area contributed by atoms with Crippen molar-refractivity contribution in [3.05, 3.63) is 75.6 Å². The zero-order valence-corrected chi connectivity index (χ0v) is 20.9. The van der Waals surface area contributed by atoms with E-state index >= 15 is 0 Å². The summed E-state index contributed by atoms with van der Waals surface area (Å²) in [7, 11) is 3.65. The summed E-state index contributed by atoms with van der Waals surface area (Å²) in [5.41, 5.74) is 4.40. The van der Waals surface area contributed by atoms with Crippen LogP contribution in [-0.2, 0) is 20.8 Å². The molecule has 9 nitrogen and oxygen atoms in total. The summed E-state index contributed by atoms with van der Waals surface area (Å²) in [6, 6.07) is 11.2. The number of benzene rings is 2. The van der Waals surface area contributed by atoms with Gasteiger partial charge in [0.1, 0.15) is 22.8 Å². The predicted octanol–water partition coefficient (Wildman–Crippen LogP) is 2.66. The first kappa shape index (κ1) is 25.3. The molecule has 0 saturated heterocycles. The molecule has 0 unspecified atom stereocenters. The van der Waals surface area contributed by atoms with Crippen molar-refractivity contribution in [2.24, 2.45) is 17.6 Å². The van der Waals surface area contributed by atoms with Crippen LogP contribution in [0.2, 0.25) is 0 Å². The molecule has 0 aromatic heterocycles. The van der Waals surface area contributed by atoms with Gasteiger partial charge in [-0.15, -0.1) is 0 Å². The number of carbonyl (C=O) groups excluding carboxylic acids is 3. The Morgan fingerprint density at radius 1 is 1.08 bits per heavy atom. The molecular formula is C29H28N2O7. The van der Waals surface area contributed by atoms with Gasteiger partial charge in [0.25, 0.3) is 5.91 Å². The highest BCUT2D eigenvalue weighted by molar-refractivity contribution is 6.22. The fraction of sp³-hybridized carbons (Fsp3) is 0.276. The first-order chi connectivity index (χ1) is 18.0. The second-order valence-corrected chi connectivity index (χ2v) is 10.2. The van der Waals surface area contributed by atoms with Gasteiger partial charge in [-0.3, -0.25) is 14.4 Å². The Labute approximate surface area is 218 Å². The summed E-state index contributed by atoms with van der Waals surface area (Å²) in [5, 5.41) is 44.8. The molecule has 0 radical (unpaired) electrons. The van der Waals surface area contributed by atoms with Crippen molar-refractivity contribution in [1.29, 1.82) is 0 Å². The largest absolute Gasteiger partial charge is 0.508 e. The smallest absolute Gasteiger partial charge is 0.255 e. The molecule has 5 rings (SSSR count). The second-order valence-electron chi connectivity index (χ2n) is 10.2. The summed E-state index contributed by atoms with van der Waals surface area (Å²) >= 11 is 0. The van der Waals surface area contributed by atoms with Crippen LogP contribution in [0.5, 0.6) is 5.75 Å². The number of aliphatic hydroxyl groups is 3. The third kappa shape index (κ3) is 3.61. The molecular weight excluding hydrogens is 488 g/mol. The van der Waals surface area contributed by atoms with E-state index in [9.17, 15) is 34.8 Å². The third-order valence-electron chi connectivity index (χ3n) is 7.81. The molecule has 3 aliphatic rings. The predicted molar refractivity (Wildman–Crippen MR) is 141 cm³/mol. The van der Waals surface area contributed by atoms with E-state index in [0.717, 1.165) is 11.3 Å². The highest BCUT2D eigenvalue weighted by Gasteiger charge is 2.60. The number of phenols is 1. The number of anilines is 1. The van der Waals surface area contributed by atoms with Crippen molar-refractivity contribution in [2.75, 3.05) is 19.0 Å². The van der Waals surface area contributed by atoms with Crippen molar-refractivity contribution in [1.82, 2.24) is 0 Å². The molecule has 0 bridgehead atoms. The Balaban J connectivity index is 1.69. The standard InChI is InChI=1S/C29H28N2O7/c1-31(2)19-12-15(9-8-14-6-4-3-5-7-14)24(33)22-18(19)11-16-10-17-13-20(32)23(28(30)37)27(36)29(17,38)26(35)21(16)25(22)34/h3-9,12,16-17,33-34,36,38H,10-11,13H2,1-2H3,(H2,30,37)/b9-8+/t16-,17+,29+/m1/s1. The monoisotopic (exact) mass is 516 g/mol. The number of hydrogen-bond donors (Lipinski definition) is 5. The SMILES string of the molecule is CN(C)c1cc(/C=C/c2ccccc2)c(O)c2c1C[C@H]1C[C@H]3CC(=O)C(C(N)=O)=C(O)[C@@]3(O)C(=O)C1=C2O. The van der Waals surface area contributed by atoms with Gasteiger partial charge in [0.2, 0.25) is 5.78 Å². The van der Waals surface area contributed by atoms with Gasteiger partial charge >= 0.3 is 0 Å². The second kappa shape index (κ2) is 8.88. The van der Waals surface area contributed by atoms with Crippen LogP contribution in [0.1, 0.15) is 35.1 Å². The normalized spacial score (nSPS) is 24.8. The summed E-state index contributed by atoms with van der Waals surface area (Å²) in [4.78, 5) is 39.9. The topological polar surface area (TPSA) is 161 Å². The first-order valence-electron chi connectivity index (χ1n) is 12.2. The van der Waals surface area contributed by atoms with Crippen LogP contribution in [0.25, 0.3) is 17.9 Å². The number of fused-ring (bicyclic) bond motifs is 3. The van der Waals surface area contributed by atoms with Crippen LogP contribution in [0.15, 0.2) is 53.3 Å². The average molecular weight is 517 g/mol. The maximum absolute atomic E-state index is 13.7. The summed E-state index contributed by atoms with van der Waals surface area (Å²) in [5.74, 6) is -6.41. The van der Waals surface area contributed by atoms with Crippen LogP contribution >= 0.6 is 0 Å². The maximum Gasteiger partial charge on any atom is 0.255 e. The molecule has 0 aliphatic heterocycles. The Bertz CT molecular complexity index is 1490. The van der Waals surface area contributed by atoms with Crippen LogP contribution in [0.4, 0.5) is 5.69 Å². The lowest BCUT2D eigenvalue weighted by Gasteiger charge is -2.46. The van der Waals surface area contributed by atoms with Gasteiger partial charge in [0.15, 0.2) is 11.4 Å². The number of rotatable bonds is 4. The van der Waals surface area contributed by atoms with Crippen molar-refractivity contribution in [2.45, 2.75) is 24.9 Å². The van der Waals surface area contributed by atoms with E-state index < -0.39 is 52.0 Å². The van der Waals surface area contributed by atoms with Crippen LogP contribution < -0.4 is 10.6 Å². The van der Waals surface area contributed by atoms with Gasteiger partial charge in [-0.25, -0.2) is 0 Å². The molecule has 2 aromatic rings. The molecule has 38 heavy (non-hydrogen) atoms. The molecule has 3 aliphatic carbocycles. The molecule has 196 valence electrons. The number of nitrogens with zero attached hydrogens (tertiary/aromatic N) is 1. The van der Waals surface area contributed by atoms with E-state index in [1.807, 2.05) is 55.4 Å². The van der Waals surface area contributed by atoms with Crippen molar-refractivity contribution >= 4 is 41.1 Å². The van der Waals surface area contributed by atoms with E-state index in [1.165, 1.54) is 0 Å². The number of nitrogens with two attached hydrogens (primary N) is 1. The minimum Gasteiger partial charge on any atom is -0.508 e. The molecule has 3 atom stereocenters. The molecule has 1 amide bonds. The van der Waals surface area contributed by atoms with Crippen molar-refractivity contribution in [3.8, 4) is 5.75 Å². The Morgan fingerprint density at radius 2 is 1.76 bits per heavy atom. The number of primary amides is 1. The van der Waals surface area contributed by atoms with E-state index in [-0.39, 0.29) is 36.1 Å². The number of phenolic OH excluding ortho intramolecular Hbond substituents is 1. The van der Waals surface area contributed by atoms with Crippen LogP contribution in [0.3, 0.4) is 0 Å². The number of ketones is 2. The number of amides is 1. The number of hydrogen-bond acceptors (Lipinski definition) is 8. The van der Waals surface area contributed by atoms with Crippen LogP contribution in [0, 0.1) is 11.8 Å². The molecule has 6 N–H and O–H groups in total. The lowest BCUT2D eigenvalue weighted by atomic mass is 9.59. The quantitative estimate of drug-likeness (QED) is 0.306. The highest BCUT2D eigenvalue weighted by atomic mass is 16.3. The summed E-state index contributed by atoms with van der Waals surface area (Å²) in [6.45, 7) is 0. The third-order valence-corrected chi connectivity index (χ3v) is 7.81. The lowest BCUT2D eigenvalue weighted by Crippen LogP contribution is -2.58. The first-order valence-corrected chi connectivity index (χ1v) is 12.2. The Hall–Kier alpha value is -4.37.